The van der Waals surface area contributed by atoms with Crippen molar-refractivity contribution in [3.63, 3.8) is 0 Å². The maximum Gasteiger partial charge on any atom is 0.269 e. The lowest BCUT2D eigenvalue weighted by atomic mass is 10.1. The molecule has 6 nitrogen and oxygen atoms in total. The summed E-state index contributed by atoms with van der Waals surface area (Å²) in [5, 5.41) is 9.63. The molecule has 0 aliphatic rings. The molecule has 7 heteroatoms. The summed E-state index contributed by atoms with van der Waals surface area (Å²) in [4.78, 5) is 16.4. The minimum Gasteiger partial charge on any atom is -0.490 e. The monoisotopic (exact) mass is 354 g/mol. The maximum atomic E-state index is 13.5. The number of carbonyl (C=O) groups is 1. The van der Waals surface area contributed by atoms with Crippen molar-refractivity contribution in [2.24, 2.45) is 0 Å². The fourth-order valence-electron chi connectivity index (χ4n) is 2.40. The summed E-state index contributed by atoms with van der Waals surface area (Å²) in [6.45, 7) is 4.03. The van der Waals surface area contributed by atoms with E-state index in [1.54, 1.807) is 18.3 Å². The van der Waals surface area contributed by atoms with E-state index >= 15 is 0 Å². The Bertz CT molecular complexity index is 894. The van der Waals surface area contributed by atoms with Crippen LogP contribution in [0.25, 0.3) is 11.3 Å². The Balaban J connectivity index is 1.76. The molecule has 0 aliphatic carbocycles. The number of carbonyl (C=O) groups excluding carboxylic acids is 1. The normalized spacial score (nSPS) is 10.8. The predicted molar refractivity (Wildman–Crippen MR) is 95.2 cm³/mol. The Hall–Kier alpha value is -3.22. The number of aromatic nitrogens is 3. The first kappa shape index (κ1) is 17.6. The summed E-state index contributed by atoms with van der Waals surface area (Å²) in [5.74, 6) is -0.317. The first-order chi connectivity index (χ1) is 12.5. The molecule has 3 aromatic rings. The summed E-state index contributed by atoms with van der Waals surface area (Å²) >= 11 is 0. The molecule has 0 unspecified atom stereocenters. The summed E-state index contributed by atoms with van der Waals surface area (Å²) in [7, 11) is 0. The van der Waals surface area contributed by atoms with Crippen LogP contribution in [0, 0.1) is 5.82 Å². The number of hydrogen-bond acceptors (Lipinski definition) is 4. The number of hydrogen-bond donors (Lipinski definition) is 2. The fraction of sp³-hybridized carbons (Fsp3) is 0.211. The Morgan fingerprint density at radius 2 is 2.12 bits per heavy atom. The minimum absolute atomic E-state index is 0.115. The van der Waals surface area contributed by atoms with Crippen molar-refractivity contribution >= 4 is 5.91 Å². The quantitative estimate of drug-likeness (QED) is 0.712. The average Bonchev–Trinajstić information content (AvgIpc) is 3.10. The third kappa shape index (κ3) is 4.24. The molecule has 0 bridgehead atoms. The summed E-state index contributed by atoms with van der Waals surface area (Å²) in [5.41, 5.74) is 2.17. The highest BCUT2D eigenvalue weighted by Crippen LogP contribution is 2.30. The fourth-order valence-corrected chi connectivity index (χ4v) is 2.40. The van der Waals surface area contributed by atoms with E-state index < -0.39 is 5.82 Å². The predicted octanol–water partition coefficient (Wildman–Crippen LogP) is 3.33. The lowest BCUT2D eigenvalue weighted by Crippen LogP contribution is -2.23. The number of amides is 1. The lowest BCUT2D eigenvalue weighted by molar-refractivity contribution is 0.0945. The molecule has 0 atom stereocenters. The standard InChI is InChI=1S/C19H19FN4O2/c1-12(2)26-18-9-13(20)6-7-15(18)16-10-17(24-23-16)19(25)22-11-14-5-3-4-8-21-14/h3-10,12H,11H2,1-2H3,(H,22,25)(H,23,24). The van der Waals surface area contributed by atoms with Gasteiger partial charge in [0.2, 0.25) is 0 Å². The summed E-state index contributed by atoms with van der Waals surface area (Å²) < 4.78 is 19.2. The molecule has 1 amide bonds. The van der Waals surface area contributed by atoms with Gasteiger partial charge >= 0.3 is 0 Å². The third-order valence-corrected chi connectivity index (χ3v) is 3.56. The first-order valence-electron chi connectivity index (χ1n) is 8.23. The van der Waals surface area contributed by atoms with E-state index in [4.69, 9.17) is 4.74 Å². The van der Waals surface area contributed by atoms with Crippen LogP contribution in [0.5, 0.6) is 5.75 Å². The number of nitrogens with zero attached hydrogens (tertiary/aromatic N) is 2. The number of rotatable bonds is 6. The molecular weight excluding hydrogens is 335 g/mol. The van der Waals surface area contributed by atoms with Crippen LogP contribution >= 0.6 is 0 Å². The van der Waals surface area contributed by atoms with Crippen molar-refractivity contribution < 1.29 is 13.9 Å². The smallest absolute Gasteiger partial charge is 0.269 e. The van der Waals surface area contributed by atoms with Gasteiger partial charge in [-0.05, 0) is 44.2 Å². The van der Waals surface area contributed by atoms with Crippen LogP contribution in [0.2, 0.25) is 0 Å². The van der Waals surface area contributed by atoms with Crippen LogP contribution in [-0.4, -0.2) is 27.2 Å². The van der Waals surface area contributed by atoms with Crippen molar-refractivity contribution in [2.45, 2.75) is 26.5 Å². The Kier molecular flexibility index (Phi) is 5.26. The molecule has 2 N–H and O–H groups in total. The van der Waals surface area contributed by atoms with Gasteiger partial charge in [0.25, 0.3) is 5.91 Å². The Labute approximate surface area is 150 Å². The molecule has 26 heavy (non-hydrogen) atoms. The number of halogens is 1. The second-order valence-corrected chi connectivity index (χ2v) is 5.98. The van der Waals surface area contributed by atoms with Crippen LogP contribution in [0.1, 0.15) is 30.0 Å². The van der Waals surface area contributed by atoms with E-state index in [1.807, 2.05) is 32.0 Å². The second kappa shape index (κ2) is 7.77. The van der Waals surface area contributed by atoms with Gasteiger partial charge in [0.1, 0.15) is 17.3 Å². The molecule has 3 rings (SSSR count). The van der Waals surface area contributed by atoms with Crippen molar-refractivity contribution in [3.05, 3.63) is 65.9 Å². The number of nitrogens with one attached hydrogen (secondary N) is 2. The number of aromatic amines is 1. The lowest BCUT2D eigenvalue weighted by Gasteiger charge is -2.13. The van der Waals surface area contributed by atoms with Gasteiger partial charge in [-0.2, -0.15) is 5.10 Å². The van der Waals surface area contributed by atoms with Gasteiger partial charge < -0.3 is 10.1 Å². The molecule has 0 saturated carbocycles. The van der Waals surface area contributed by atoms with Gasteiger partial charge in [0, 0.05) is 17.8 Å². The van der Waals surface area contributed by atoms with Gasteiger partial charge in [-0.1, -0.05) is 6.07 Å². The molecule has 0 fully saturated rings. The van der Waals surface area contributed by atoms with Crippen LogP contribution in [0.15, 0.2) is 48.7 Å². The van der Waals surface area contributed by atoms with E-state index in [9.17, 15) is 9.18 Å². The third-order valence-electron chi connectivity index (χ3n) is 3.56. The highest BCUT2D eigenvalue weighted by Gasteiger charge is 2.15. The van der Waals surface area contributed by atoms with Gasteiger partial charge in [0.15, 0.2) is 0 Å². The minimum atomic E-state index is -0.395. The van der Waals surface area contributed by atoms with E-state index in [0.717, 1.165) is 5.69 Å². The van der Waals surface area contributed by atoms with Crippen molar-refractivity contribution in [1.29, 1.82) is 0 Å². The zero-order valence-corrected chi connectivity index (χ0v) is 14.5. The molecule has 1 aromatic carbocycles. The number of benzene rings is 1. The van der Waals surface area contributed by atoms with Crippen LogP contribution in [0.3, 0.4) is 0 Å². The number of pyridine rings is 1. The zero-order chi connectivity index (χ0) is 18.5. The molecule has 134 valence electrons. The van der Waals surface area contributed by atoms with E-state index in [1.165, 1.54) is 12.1 Å². The van der Waals surface area contributed by atoms with Gasteiger partial charge in [-0.25, -0.2) is 4.39 Å². The van der Waals surface area contributed by atoms with Gasteiger partial charge in [-0.3, -0.25) is 14.9 Å². The van der Waals surface area contributed by atoms with Crippen molar-refractivity contribution in [2.75, 3.05) is 0 Å². The molecule has 2 heterocycles. The number of H-pyrrole nitrogens is 1. The SMILES string of the molecule is CC(C)Oc1cc(F)ccc1-c1cc(C(=O)NCc2ccccn2)[nH]n1. The van der Waals surface area contributed by atoms with Crippen molar-refractivity contribution in [3.8, 4) is 17.0 Å². The maximum absolute atomic E-state index is 13.5. The molecular formula is C19H19FN4O2. The van der Waals surface area contributed by atoms with Gasteiger partial charge in [0.05, 0.1) is 24.0 Å². The van der Waals surface area contributed by atoms with Crippen LogP contribution < -0.4 is 10.1 Å². The zero-order valence-electron chi connectivity index (χ0n) is 14.5. The van der Waals surface area contributed by atoms with E-state index in [2.05, 4.69) is 20.5 Å². The second-order valence-electron chi connectivity index (χ2n) is 5.98. The summed E-state index contributed by atoms with van der Waals surface area (Å²) in [6.07, 6.45) is 1.55. The van der Waals surface area contributed by atoms with Crippen molar-refractivity contribution in [1.82, 2.24) is 20.5 Å². The largest absolute Gasteiger partial charge is 0.490 e. The Morgan fingerprint density at radius 1 is 1.27 bits per heavy atom. The van der Waals surface area contributed by atoms with E-state index in [0.29, 0.717) is 29.2 Å². The van der Waals surface area contributed by atoms with Crippen LogP contribution in [-0.2, 0) is 6.54 Å². The molecule has 0 aliphatic heterocycles. The first-order valence-corrected chi connectivity index (χ1v) is 8.23. The van der Waals surface area contributed by atoms with Gasteiger partial charge in [-0.15, -0.1) is 0 Å². The molecule has 0 spiro atoms. The average molecular weight is 354 g/mol. The van der Waals surface area contributed by atoms with Crippen LogP contribution in [0.4, 0.5) is 4.39 Å². The highest BCUT2D eigenvalue weighted by atomic mass is 19.1. The number of ether oxygens (including phenoxy) is 1. The topological polar surface area (TPSA) is 79.9 Å². The summed E-state index contributed by atoms with van der Waals surface area (Å²) in [6, 6.07) is 11.3. The van der Waals surface area contributed by atoms with E-state index in [-0.39, 0.29) is 12.0 Å². The Morgan fingerprint density at radius 3 is 2.85 bits per heavy atom. The molecule has 0 saturated heterocycles. The molecule has 0 radical (unpaired) electrons. The highest BCUT2D eigenvalue weighted by molar-refractivity contribution is 5.93. The molecule has 2 aromatic heterocycles.